The summed E-state index contributed by atoms with van der Waals surface area (Å²) in [5.41, 5.74) is 2.22. The first kappa shape index (κ1) is 8.59. The number of thiazole rings is 1. The molecule has 0 saturated carbocycles. The lowest BCUT2D eigenvalue weighted by Gasteiger charge is -1.89. The Labute approximate surface area is 83.9 Å². The molecule has 13 heavy (non-hydrogen) atoms. The van der Waals surface area contributed by atoms with Crippen LogP contribution in [0.1, 0.15) is 20.2 Å². The summed E-state index contributed by atoms with van der Waals surface area (Å²) in [4.78, 5) is 17.6. The summed E-state index contributed by atoms with van der Waals surface area (Å²) in [6, 6.07) is 3.80. The number of ketones is 1. The molecule has 0 aromatic carbocycles. The third kappa shape index (κ3) is 1.68. The van der Waals surface area contributed by atoms with E-state index in [-0.39, 0.29) is 5.78 Å². The van der Waals surface area contributed by atoms with Crippen LogP contribution in [-0.2, 0) is 0 Å². The fourth-order valence-electron chi connectivity index (χ4n) is 1.01. The van der Waals surface area contributed by atoms with Gasteiger partial charge in [0, 0.05) is 10.3 Å². The zero-order valence-corrected chi connectivity index (χ0v) is 8.61. The maximum absolute atomic E-state index is 11.7. The largest absolute Gasteiger partial charge is 0.286 e. The van der Waals surface area contributed by atoms with Crippen molar-refractivity contribution in [3.05, 3.63) is 38.5 Å². The Kier molecular flexibility index (Phi) is 2.24. The second-order valence-corrected chi connectivity index (χ2v) is 4.62. The van der Waals surface area contributed by atoms with Gasteiger partial charge in [-0.3, -0.25) is 4.79 Å². The number of nitrogens with zero attached hydrogens (tertiary/aromatic N) is 1. The minimum Gasteiger partial charge on any atom is -0.286 e. The molecule has 0 N–H and O–H groups in total. The molecule has 0 spiro atoms. The van der Waals surface area contributed by atoms with E-state index in [1.54, 1.807) is 10.9 Å². The lowest BCUT2D eigenvalue weighted by molar-refractivity contribution is 0.103. The van der Waals surface area contributed by atoms with Crippen LogP contribution in [0.2, 0.25) is 0 Å². The van der Waals surface area contributed by atoms with Gasteiger partial charge >= 0.3 is 0 Å². The minimum absolute atomic E-state index is 0.0272. The van der Waals surface area contributed by atoms with Gasteiger partial charge in [-0.1, -0.05) is 0 Å². The highest BCUT2D eigenvalue weighted by molar-refractivity contribution is 7.14. The van der Waals surface area contributed by atoms with Crippen molar-refractivity contribution in [1.29, 1.82) is 0 Å². The molecule has 0 amide bonds. The van der Waals surface area contributed by atoms with Crippen molar-refractivity contribution in [2.45, 2.75) is 6.92 Å². The topological polar surface area (TPSA) is 30.0 Å². The average Bonchev–Trinajstić information content (AvgIpc) is 2.72. The monoisotopic (exact) mass is 209 g/mol. The molecule has 0 unspecified atom stereocenters. The molecule has 0 bridgehead atoms. The number of carbonyl (C=O) groups is 1. The van der Waals surface area contributed by atoms with Gasteiger partial charge in [-0.15, -0.1) is 22.7 Å². The molecule has 2 aromatic heterocycles. The first-order chi connectivity index (χ1) is 6.27. The van der Waals surface area contributed by atoms with Gasteiger partial charge in [0.1, 0.15) is 5.69 Å². The standard InChI is InChI=1S/C9H7NOS2/c1-6-2-3-8(13-6)9(11)7-4-12-5-10-7/h2-5H,1H3. The maximum Gasteiger partial charge on any atom is 0.222 e. The molecule has 4 heteroatoms. The van der Waals surface area contributed by atoms with Crippen molar-refractivity contribution in [2.24, 2.45) is 0 Å². The van der Waals surface area contributed by atoms with Gasteiger partial charge in [0.25, 0.3) is 0 Å². The fourth-order valence-corrected chi connectivity index (χ4v) is 2.36. The van der Waals surface area contributed by atoms with Gasteiger partial charge in [0.05, 0.1) is 10.4 Å². The van der Waals surface area contributed by atoms with Crippen LogP contribution in [0.3, 0.4) is 0 Å². The molecule has 0 atom stereocenters. The van der Waals surface area contributed by atoms with E-state index < -0.39 is 0 Å². The van der Waals surface area contributed by atoms with E-state index >= 15 is 0 Å². The smallest absolute Gasteiger partial charge is 0.222 e. The summed E-state index contributed by atoms with van der Waals surface area (Å²) in [5.74, 6) is 0.0272. The second-order valence-electron chi connectivity index (χ2n) is 2.61. The minimum atomic E-state index is 0.0272. The van der Waals surface area contributed by atoms with Crippen LogP contribution in [0.5, 0.6) is 0 Å². The molecule has 2 aromatic rings. The first-order valence-electron chi connectivity index (χ1n) is 3.76. The third-order valence-electron chi connectivity index (χ3n) is 1.63. The van der Waals surface area contributed by atoms with Gasteiger partial charge in [-0.2, -0.15) is 0 Å². The van der Waals surface area contributed by atoms with E-state index in [9.17, 15) is 4.79 Å². The lowest BCUT2D eigenvalue weighted by Crippen LogP contribution is -1.97. The quantitative estimate of drug-likeness (QED) is 0.712. The highest BCUT2D eigenvalue weighted by atomic mass is 32.1. The molecular weight excluding hydrogens is 202 g/mol. The highest BCUT2D eigenvalue weighted by Crippen LogP contribution is 2.18. The van der Waals surface area contributed by atoms with Crippen molar-refractivity contribution >= 4 is 28.5 Å². The SMILES string of the molecule is Cc1ccc(C(=O)c2cscn2)s1. The summed E-state index contributed by atoms with van der Waals surface area (Å²) in [6.45, 7) is 1.99. The molecule has 0 saturated heterocycles. The highest BCUT2D eigenvalue weighted by Gasteiger charge is 2.12. The molecular formula is C9H7NOS2. The molecule has 2 rings (SSSR count). The molecule has 0 fully saturated rings. The number of rotatable bonds is 2. The molecule has 66 valence electrons. The van der Waals surface area contributed by atoms with Crippen LogP contribution in [0.4, 0.5) is 0 Å². The van der Waals surface area contributed by atoms with Crippen LogP contribution >= 0.6 is 22.7 Å². The first-order valence-corrected chi connectivity index (χ1v) is 5.52. The fraction of sp³-hybridized carbons (Fsp3) is 0.111. The van der Waals surface area contributed by atoms with Gasteiger partial charge in [0.2, 0.25) is 5.78 Å². The predicted octanol–water partition coefficient (Wildman–Crippen LogP) is 2.74. The zero-order valence-electron chi connectivity index (χ0n) is 6.98. The summed E-state index contributed by atoms with van der Waals surface area (Å²) >= 11 is 2.95. The third-order valence-corrected chi connectivity index (χ3v) is 3.22. The van der Waals surface area contributed by atoms with Gasteiger partial charge in [0.15, 0.2) is 0 Å². The normalized spacial score (nSPS) is 10.2. The Morgan fingerprint density at radius 3 is 2.85 bits per heavy atom. The number of aryl methyl sites for hydroxylation is 1. The number of hydrogen-bond acceptors (Lipinski definition) is 4. The van der Waals surface area contributed by atoms with Crippen LogP contribution in [0.25, 0.3) is 0 Å². The summed E-state index contributed by atoms with van der Waals surface area (Å²) in [5, 5.41) is 1.78. The molecule has 2 nitrogen and oxygen atoms in total. The Hall–Kier alpha value is -1.00. The maximum atomic E-state index is 11.7. The Bertz CT molecular complexity index is 417. The zero-order chi connectivity index (χ0) is 9.26. The lowest BCUT2D eigenvalue weighted by atomic mass is 10.2. The Morgan fingerprint density at radius 1 is 1.46 bits per heavy atom. The van der Waals surface area contributed by atoms with E-state index in [4.69, 9.17) is 0 Å². The van der Waals surface area contributed by atoms with Crippen molar-refractivity contribution in [3.63, 3.8) is 0 Å². The van der Waals surface area contributed by atoms with Crippen molar-refractivity contribution in [1.82, 2.24) is 4.98 Å². The van der Waals surface area contributed by atoms with Gasteiger partial charge in [-0.05, 0) is 19.1 Å². The van der Waals surface area contributed by atoms with E-state index in [0.717, 1.165) is 9.75 Å². The molecule has 0 aliphatic heterocycles. The van der Waals surface area contributed by atoms with Crippen LogP contribution < -0.4 is 0 Å². The summed E-state index contributed by atoms with van der Waals surface area (Å²) in [6.07, 6.45) is 0. The van der Waals surface area contributed by atoms with E-state index in [0.29, 0.717) is 5.69 Å². The van der Waals surface area contributed by atoms with Gasteiger partial charge in [-0.25, -0.2) is 4.98 Å². The Morgan fingerprint density at radius 2 is 2.31 bits per heavy atom. The van der Waals surface area contributed by atoms with Crippen molar-refractivity contribution in [2.75, 3.05) is 0 Å². The number of thiophene rings is 1. The molecule has 0 aliphatic carbocycles. The molecule has 0 radical (unpaired) electrons. The van der Waals surface area contributed by atoms with E-state index in [1.807, 2.05) is 19.1 Å². The Balaban J connectivity index is 2.33. The summed E-state index contributed by atoms with van der Waals surface area (Å²) in [7, 11) is 0. The predicted molar refractivity (Wildman–Crippen MR) is 54.6 cm³/mol. The number of carbonyl (C=O) groups excluding carboxylic acids is 1. The number of hydrogen-bond donors (Lipinski definition) is 0. The van der Waals surface area contributed by atoms with Crippen molar-refractivity contribution < 1.29 is 4.79 Å². The average molecular weight is 209 g/mol. The molecule has 2 heterocycles. The van der Waals surface area contributed by atoms with E-state index in [2.05, 4.69) is 4.98 Å². The molecule has 0 aliphatic rings. The second kappa shape index (κ2) is 3.40. The van der Waals surface area contributed by atoms with Crippen LogP contribution in [0.15, 0.2) is 23.0 Å². The number of aromatic nitrogens is 1. The summed E-state index contributed by atoms with van der Waals surface area (Å²) < 4.78 is 0. The van der Waals surface area contributed by atoms with Crippen LogP contribution in [0, 0.1) is 6.92 Å². The van der Waals surface area contributed by atoms with Crippen molar-refractivity contribution in [3.8, 4) is 0 Å². The van der Waals surface area contributed by atoms with Crippen LogP contribution in [-0.4, -0.2) is 10.8 Å². The van der Waals surface area contributed by atoms with E-state index in [1.165, 1.54) is 22.7 Å². The van der Waals surface area contributed by atoms with Gasteiger partial charge < -0.3 is 0 Å².